The number of likely N-dealkylation sites (tertiary alicyclic amines) is 1. The minimum absolute atomic E-state index is 0.200. The number of benzene rings is 1. The molecule has 4 aromatic rings. The zero-order chi connectivity index (χ0) is 25.1. The molecule has 0 saturated carbocycles. The first-order chi connectivity index (χ1) is 16.7. The van der Waals surface area contributed by atoms with Crippen LogP contribution in [0.4, 0.5) is 0 Å². The van der Waals surface area contributed by atoms with Crippen LogP contribution in [0.25, 0.3) is 21.5 Å². The van der Waals surface area contributed by atoms with Crippen molar-refractivity contribution in [1.29, 1.82) is 0 Å². The molecule has 1 saturated heterocycles. The molecule has 5 rings (SSSR count). The van der Waals surface area contributed by atoms with Crippen molar-refractivity contribution in [2.24, 2.45) is 5.73 Å². The fourth-order valence-electron chi connectivity index (χ4n) is 4.14. The predicted molar refractivity (Wildman–Crippen MR) is 144 cm³/mol. The highest BCUT2D eigenvalue weighted by molar-refractivity contribution is 9.10. The number of carboxylic acids is 1. The normalized spacial score (nSPS) is 14.9. The Morgan fingerprint density at radius 3 is 2.66 bits per heavy atom. The third-order valence-corrected chi connectivity index (χ3v) is 8.05. The zero-order valence-electron chi connectivity index (χ0n) is 19.6. The summed E-state index contributed by atoms with van der Waals surface area (Å²) in [6.07, 6.45) is 2.36. The van der Waals surface area contributed by atoms with Crippen LogP contribution in [-0.2, 0) is 6.54 Å². The van der Waals surface area contributed by atoms with Crippen molar-refractivity contribution in [1.82, 2.24) is 14.6 Å². The Morgan fingerprint density at radius 2 is 2.03 bits per heavy atom. The summed E-state index contributed by atoms with van der Waals surface area (Å²) in [5, 5.41) is 14.4. The van der Waals surface area contributed by atoms with E-state index in [0.29, 0.717) is 34.4 Å². The molecule has 1 fully saturated rings. The maximum Gasteiger partial charge on any atom is 0.352 e. The molecule has 35 heavy (non-hydrogen) atoms. The van der Waals surface area contributed by atoms with Crippen LogP contribution in [0.2, 0.25) is 4.34 Å². The third kappa shape index (κ3) is 6.16. The van der Waals surface area contributed by atoms with Gasteiger partial charge in [0.2, 0.25) is 0 Å². The van der Waals surface area contributed by atoms with Gasteiger partial charge in [-0.05, 0) is 70.1 Å². The molecule has 1 aromatic carbocycles. The van der Waals surface area contributed by atoms with Gasteiger partial charge in [0.1, 0.15) is 11.4 Å². The van der Waals surface area contributed by atoms with Gasteiger partial charge in [0.25, 0.3) is 0 Å². The predicted octanol–water partition coefficient (Wildman–Crippen LogP) is 6.34. The topological polar surface area (TPSA) is 97.5 Å². The fraction of sp³-hybridized carbons (Fsp3) is 0.360. The van der Waals surface area contributed by atoms with Gasteiger partial charge in [-0.2, -0.15) is 0 Å². The Labute approximate surface area is 221 Å². The lowest BCUT2D eigenvalue weighted by Crippen LogP contribution is -2.42. The number of fused-ring (bicyclic) bond motifs is 1. The van der Waals surface area contributed by atoms with Crippen LogP contribution in [0.1, 0.15) is 42.9 Å². The quantitative estimate of drug-likeness (QED) is 0.286. The molecule has 0 atom stereocenters. The molecule has 4 heterocycles. The first kappa shape index (κ1) is 25.9. The summed E-state index contributed by atoms with van der Waals surface area (Å²) in [7, 11) is 0. The lowest BCUT2D eigenvalue weighted by atomic mass is 10.1. The molecule has 3 aromatic heterocycles. The smallest absolute Gasteiger partial charge is 0.352 e. The number of aromatic nitrogens is 2. The Bertz CT molecular complexity index is 1310. The summed E-state index contributed by atoms with van der Waals surface area (Å²) in [5.41, 5.74) is 7.42. The molecule has 10 heteroatoms. The van der Waals surface area contributed by atoms with Crippen molar-refractivity contribution >= 4 is 55.7 Å². The number of halogens is 2. The number of hydrogen-bond donors (Lipinski definition) is 2. The second kappa shape index (κ2) is 11.3. The summed E-state index contributed by atoms with van der Waals surface area (Å²) in [4.78, 5) is 15.0. The van der Waals surface area contributed by atoms with Gasteiger partial charge in [0.15, 0.2) is 5.76 Å². The van der Waals surface area contributed by atoms with Gasteiger partial charge >= 0.3 is 5.97 Å². The number of nitrogens with two attached hydrogens (primary N) is 1. The van der Waals surface area contributed by atoms with Crippen molar-refractivity contribution in [3.63, 3.8) is 0 Å². The number of piperidine rings is 1. The number of aromatic carboxylic acids is 1. The molecule has 1 aliphatic heterocycles. The molecule has 0 spiro atoms. The molecule has 186 valence electrons. The minimum atomic E-state index is -0.989. The molecular formula is C25H28BrClN4O3S. The van der Waals surface area contributed by atoms with Crippen LogP contribution in [0.15, 0.2) is 51.5 Å². The van der Waals surface area contributed by atoms with Crippen LogP contribution in [-0.4, -0.2) is 50.9 Å². The Kier molecular flexibility index (Phi) is 8.34. The van der Waals surface area contributed by atoms with E-state index in [1.54, 1.807) is 22.8 Å². The maximum absolute atomic E-state index is 11.6. The van der Waals surface area contributed by atoms with E-state index in [1.165, 1.54) is 37.3 Å². The zero-order valence-corrected chi connectivity index (χ0v) is 22.7. The van der Waals surface area contributed by atoms with Crippen LogP contribution < -0.4 is 5.73 Å². The molecule has 0 unspecified atom stereocenters. The number of nitrogens with zero attached hydrogens (tertiary/aromatic N) is 3. The van der Waals surface area contributed by atoms with Gasteiger partial charge in [-0.25, -0.2) is 4.79 Å². The van der Waals surface area contributed by atoms with Crippen LogP contribution in [0.5, 0.6) is 0 Å². The van der Waals surface area contributed by atoms with Crippen LogP contribution in [0, 0.1) is 0 Å². The highest BCUT2D eigenvalue weighted by Crippen LogP contribution is 2.32. The highest BCUT2D eigenvalue weighted by atomic mass is 79.9. The summed E-state index contributed by atoms with van der Waals surface area (Å²) in [6.45, 7) is 7.18. The van der Waals surface area contributed by atoms with E-state index in [0.717, 1.165) is 20.3 Å². The van der Waals surface area contributed by atoms with E-state index >= 15 is 0 Å². The van der Waals surface area contributed by atoms with Crippen molar-refractivity contribution in [3.8, 4) is 10.6 Å². The average molecular weight is 580 g/mol. The van der Waals surface area contributed by atoms with E-state index in [2.05, 4.69) is 39.8 Å². The number of rotatable bonds is 5. The number of hydrogen-bond acceptors (Lipinski definition) is 6. The Balaban J connectivity index is 0.000000243. The van der Waals surface area contributed by atoms with E-state index in [1.807, 2.05) is 24.3 Å². The van der Waals surface area contributed by atoms with Gasteiger partial charge in [0, 0.05) is 28.0 Å². The molecule has 1 aliphatic rings. The molecule has 0 aliphatic carbocycles. The lowest BCUT2D eigenvalue weighted by molar-refractivity contribution is 0.0686. The molecule has 0 amide bonds. The summed E-state index contributed by atoms with van der Waals surface area (Å²) >= 11 is 10.8. The summed E-state index contributed by atoms with van der Waals surface area (Å²) in [5.74, 6) is -0.377. The van der Waals surface area contributed by atoms with Crippen molar-refractivity contribution in [2.75, 3.05) is 13.1 Å². The maximum atomic E-state index is 11.6. The first-order valence-electron chi connectivity index (χ1n) is 11.4. The number of thiophene rings is 1. The SMILES string of the molecule is CC(C)N1CCC(N)CC1.O=C(O)c1cc2c(Br)cccc2n1Cc1cc(-c2ccc(Cl)s2)on1. The average Bonchev–Trinajstić information content (AvgIpc) is 3.54. The van der Waals surface area contributed by atoms with Gasteiger partial charge in [0.05, 0.1) is 21.3 Å². The largest absolute Gasteiger partial charge is 0.477 e. The molecule has 0 radical (unpaired) electrons. The summed E-state index contributed by atoms with van der Waals surface area (Å²) < 4.78 is 8.61. The molecular weight excluding hydrogens is 552 g/mol. The van der Waals surface area contributed by atoms with E-state index < -0.39 is 5.97 Å². The van der Waals surface area contributed by atoms with Gasteiger partial charge in [-0.3, -0.25) is 0 Å². The van der Waals surface area contributed by atoms with Crippen molar-refractivity contribution in [3.05, 3.63) is 62.7 Å². The standard InChI is InChI=1S/C17H10BrClN2O3S.C8H18N2/c18-11-2-1-3-12-10(11)7-13(17(22)23)21(12)8-9-6-14(24-20-9)15-4-5-16(19)25-15;1-7(2)10-5-3-8(9)4-6-10/h1-7H,8H2,(H,22,23);7-8H,3-6,9H2,1-2H3. The second-order valence-electron chi connectivity index (χ2n) is 8.85. The third-order valence-electron chi connectivity index (χ3n) is 6.11. The monoisotopic (exact) mass is 578 g/mol. The lowest BCUT2D eigenvalue weighted by Gasteiger charge is -2.32. The van der Waals surface area contributed by atoms with Crippen LogP contribution >= 0.6 is 38.9 Å². The number of carbonyl (C=O) groups is 1. The second-order valence-corrected chi connectivity index (χ2v) is 11.4. The van der Waals surface area contributed by atoms with Gasteiger partial charge in [-0.15, -0.1) is 11.3 Å². The van der Waals surface area contributed by atoms with Crippen molar-refractivity contribution in [2.45, 2.75) is 45.3 Å². The van der Waals surface area contributed by atoms with Crippen molar-refractivity contribution < 1.29 is 14.4 Å². The minimum Gasteiger partial charge on any atom is -0.477 e. The van der Waals surface area contributed by atoms with E-state index in [9.17, 15) is 9.90 Å². The van der Waals surface area contributed by atoms with E-state index in [-0.39, 0.29) is 5.69 Å². The molecule has 0 bridgehead atoms. The van der Waals surface area contributed by atoms with E-state index in [4.69, 9.17) is 21.9 Å². The first-order valence-corrected chi connectivity index (χ1v) is 13.4. The van der Waals surface area contributed by atoms with Crippen LogP contribution in [0.3, 0.4) is 0 Å². The van der Waals surface area contributed by atoms with Gasteiger partial charge in [-0.1, -0.05) is 38.8 Å². The van der Waals surface area contributed by atoms with Gasteiger partial charge < -0.3 is 24.8 Å². The fourth-order valence-corrected chi connectivity index (χ4v) is 5.60. The number of carboxylic acid groups (broad SMARTS) is 1. The Morgan fingerprint density at radius 1 is 1.29 bits per heavy atom. The summed E-state index contributed by atoms with van der Waals surface area (Å²) in [6, 6.07) is 13.9. The highest BCUT2D eigenvalue weighted by Gasteiger charge is 2.19. The Hall–Kier alpha value is -2.17. The molecule has 3 N–H and O–H groups in total. The molecule has 7 nitrogen and oxygen atoms in total.